The van der Waals surface area contributed by atoms with Gasteiger partial charge in [-0.2, -0.15) is 0 Å². The quantitative estimate of drug-likeness (QED) is 0.392. The first-order chi connectivity index (χ1) is 18.7. The van der Waals surface area contributed by atoms with Crippen LogP contribution < -0.4 is 16.0 Å². The second kappa shape index (κ2) is 9.89. The molecule has 1 saturated heterocycles. The van der Waals surface area contributed by atoms with Crippen molar-refractivity contribution in [2.75, 3.05) is 23.3 Å². The van der Waals surface area contributed by atoms with Gasteiger partial charge in [-0.1, -0.05) is 6.07 Å². The molecule has 5 N–H and O–H groups in total. The van der Waals surface area contributed by atoms with Gasteiger partial charge < -0.3 is 26.2 Å². The number of hydrogen-bond donors (Lipinski definition) is 4. The lowest BCUT2D eigenvalue weighted by Gasteiger charge is -2.42. The normalized spacial score (nSPS) is 24.5. The third-order valence-electron chi connectivity index (χ3n) is 7.98. The molecule has 11 heteroatoms. The third-order valence-corrected chi connectivity index (χ3v) is 7.98. The highest BCUT2D eigenvalue weighted by Crippen LogP contribution is 2.45. The fourth-order valence-electron chi connectivity index (χ4n) is 5.87. The molecule has 0 bridgehead atoms. The predicted molar refractivity (Wildman–Crippen MR) is 137 cm³/mol. The van der Waals surface area contributed by atoms with Crippen molar-refractivity contribution < 1.29 is 28.2 Å². The van der Waals surface area contributed by atoms with Gasteiger partial charge in [-0.15, -0.1) is 0 Å². The second-order valence-corrected chi connectivity index (χ2v) is 10.6. The summed E-state index contributed by atoms with van der Waals surface area (Å²) in [6.07, 6.45) is 3.16. The number of amides is 1. The minimum atomic E-state index is -1.00. The fourth-order valence-corrected chi connectivity index (χ4v) is 5.87. The lowest BCUT2D eigenvalue weighted by atomic mass is 9.86. The van der Waals surface area contributed by atoms with Crippen molar-refractivity contribution in [3.05, 3.63) is 70.9 Å². The number of fused-ring (bicyclic) bond motifs is 1. The minimum absolute atomic E-state index is 0.0237. The van der Waals surface area contributed by atoms with Crippen LogP contribution in [0.25, 0.3) is 11.3 Å². The lowest BCUT2D eigenvalue weighted by molar-refractivity contribution is 0.0593. The van der Waals surface area contributed by atoms with Crippen LogP contribution in [0.2, 0.25) is 0 Å². The summed E-state index contributed by atoms with van der Waals surface area (Å²) in [4.78, 5) is 23.7. The highest BCUT2D eigenvalue weighted by atomic mass is 19.1. The number of nitrogens with zero attached hydrogens (tertiary/aromatic N) is 3. The molecule has 3 aromatic rings. The van der Waals surface area contributed by atoms with Crippen LogP contribution >= 0.6 is 0 Å². The zero-order valence-electron chi connectivity index (χ0n) is 20.9. The first-order valence-corrected chi connectivity index (χ1v) is 13.0. The molecule has 3 heterocycles. The largest absolute Gasteiger partial charge is 0.391 e. The topological polar surface area (TPSA) is 125 Å². The maximum Gasteiger partial charge on any atom is 0.274 e. The van der Waals surface area contributed by atoms with Crippen molar-refractivity contribution in [3.63, 3.8) is 0 Å². The molecule has 3 aliphatic rings. The van der Waals surface area contributed by atoms with Gasteiger partial charge >= 0.3 is 0 Å². The van der Waals surface area contributed by atoms with Gasteiger partial charge in [-0.05, 0) is 55.9 Å². The number of anilines is 2. The van der Waals surface area contributed by atoms with E-state index in [1.807, 2.05) is 4.90 Å². The van der Waals surface area contributed by atoms with Gasteiger partial charge in [-0.3, -0.25) is 9.78 Å². The molecule has 1 aliphatic heterocycles. The van der Waals surface area contributed by atoms with Crippen LogP contribution in [0.5, 0.6) is 0 Å². The number of carbonyl (C=O) groups excluding carboxylic acids is 1. The summed E-state index contributed by atoms with van der Waals surface area (Å²) in [7, 11) is 0. The van der Waals surface area contributed by atoms with E-state index >= 15 is 0 Å². The van der Waals surface area contributed by atoms with Crippen molar-refractivity contribution in [1.29, 1.82) is 0 Å². The maximum atomic E-state index is 14.6. The summed E-state index contributed by atoms with van der Waals surface area (Å²) in [5.41, 5.74) is 7.15. The SMILES string of the molecule is N[C@@H]1CN(c2c(NC(=O)c3ccc(F)c(-c4c(F)cccc4F)n3)cnc3c2CCC3O)CC(C2CC2)[C@H]1O. The Labute approximate surface area is 222 Å². The summed E-state index contributed by atoms with van der Waals surface area (Å²) in [5.74, 6) is -3.35. The molecule has 6 rings (SSSR count). The molecule has 0 radical (unpaired) electrons. The summed E-state index contributed by atoms with van der Waals surface area (Å²) in [5, 5.41) is 24.0. The van der Waals surface area contributed by atoms with Gasteiger partial charge in [0, 0.05) is 30.6 Å². The highest BCUT2D eigenvalue weighted by molar-refractivity contribution is 6.05. The van der Waals surface area contributed by atoms with Crippen molar-refractivity contribution in [1.82, 2.24) is 9.97 Å². The Bertz CT molecular complexity index is 1430. The van der Waals surface area contributed by atoms with E-state index in [0.717, 1.165) is 48.7 Å². The molecule has 39 heavy (non-hydrogen) atoms. The minimum Gasteiger partial charge on any atom is -0.391 e. The number of rotatable bonds is 5. The van der Waals surface area contributed by atoms with Gasteiger partial charge in [0.2, 0.25) is 0 Å². The summed E-state index contributed by atoms with van der Waals surface area (Å²) in [6, 6.07) is 4.69. The number of halogens is 3. The number of nitrogens with one attached hydrogen (secondary N) is 1. The zero-order chi connectivity index (χ0) is 27.4. The molecule has 4 atom stereocenters. The second-order valence-electron chi connectivity index (χ2n) is 10.6. The van der Waals surface area contributed by atoms with Crippen molar-refractivity contribution in [3.8, 4) is 11.3 Å². The van der Waals surface area contributed by atoms with Gasteiger partial charge in [0.05, 0.1) is 41.0 Å². The number of aliphatic hydroxyl groups excluding tert-OH is 2. The molecular weight excluding hydrogens is 511 g/mol. The highest BCUT2D eigenvalue weighted by Gasteiger charge is 2.44. The van der Waals surface area contributed by atoms with Crippen LogP contribution in [0.1, 0.15) is 47.1 Å². The molecule has 1 aromatic carbocycles. The van der Waals surface area contributed by atoms with E-state index < -0.39 is 52.9 Å². The molecular formula is C28H28F3N5O3. The number of hydrogen-bond acceptors (Lipinski definition) is 7. The van der Waals surface area contributed by atoms with Gasteiger partial charge in [0.15, 0.2) is 0 Å². The number of piperidine rings is 1. The maximum absolute atomic E-state index is 14.6. The molecule has 204 valence electrons. The third kappa shape index (κ3) is 4.64. The molecule has 1 amide bonds. The van der Waals surface area contributed by atoms with Crippen molar-refractivity contribution in [2.45, 2.75) is 43.9 Å². The fraction of sp³-hybridized carbons (Fsp3) is 0.393. The molecule has 0 spiro atoms. The van der Waals surface area contributed by atoms with E-state index in [-0.39, 0.29) is 11.6 Å². The van der Waals surface area contributed by atoms with E-state index in [4.69, 9.17) is 5.73 Å². The van der Waals surface area contributed by atoms with Crippen LogP contribution in [0.4, 0.5) is 24.5 Å². The smallest absolute Gasteiger partial charge is 0.274 e. The van der Waals surface area contributed by atoms with E-state index in [9.17, 15) is 28.2 Å². The molecule has 1 saturated carbocycles. The average molecular weight is 540 g/mol. The number of pyridine rings is 2. The number of carbonyl (C=O) groups is 1. The van der Waals surface area contributed by atoms with Gasteiger partial charge in [0.25, 0.3) is 5.91 Å². The van der Waals surface area contributed by atoms with Crippen LogP contribution in [-0.2, 0) is 6.42 Å². The molecule has 2 fully saturated rings. The average Bonchev–Trinajstić information content (AvgIpc) is 3.68. The Balaban J connectivity index is 1.36. The van der Waals surface area contributed by atoms with Crippen LogP contribution in [0.15, 0.2) is 36.5 Å². The van der Waals surface area contributed by atoms with E-state index in [1.54, 1.807) is 0 Å². The van der Waals surface area contributed by atoms with E-state index in [0.29, 0.717) is 48.9 Å². The summed E-state index contributed by atoms with van der Waals surface area (Å²) < 4.78 is 43.3. The Morgan fingerprint density at radius 3 is 2.49 bits per heavy atom. The van der Waals surface area contributed by atoms with E-state index in [1.165, 1.54) is 6.20 Å². The Hall–Kier alpha value is -3.54. The Morgan fingerprint density at radius 1 is 1.03 bits per heavy atom. The Kier molecular flexibility index (Phi) is 6.52. The van der Waals surface area contributed by atoms with Crippen molar-refractivity contribution in [2.24, 2.45) is 17.6 Å². The van der Waals surface area contributed by atoms with Crippen LogP contribution in [0, 0.1) is 29.3 Å². The molecule has 8 nitrogen and oxygen atoms in total. The van der Waals surface area contributed by atoms with Crippen molar-refractivity contribution >= 4 is 17.3 Å². The number of nitrogens with two attached hydrogens (primary N) is 1. The summed E-state index contributed by atoms with van der Waals surface area (Å²) in [6.45, 7) is 0.867. The molecule has 2 aromatic heterocycles. The van der Waals surface area contributed by atoms with E-state index in [2.05, 4.69) is 15.3 Å². The van der Waals surface area contributed by atoms with Crippen LogP contribution in [0.3, 0.4) is 0 Å². The Morgan fingerprint density at radius 2 is 1.77 bits per heavy atom. The monoisotopic (exact) mass is 539 g/mol. The predicted octanol–water partition coefficient (Wildman–Crippen LogP) is 3.33. The van der Waals surface area contributed by atoms with Gasteiger partial charge in [0.1, 0.15) is 28.8 Å². The first kappa shape index (κ1) is 25.7. The number of benzene rings is 1. The first-order valence-electron chi connectivity index (χ1n) is 13.0. The van der Waals surface area contributed by atoms with Crippen LogP contribution in [-0.4, -0.2) is 51.3 Å². The molecule has 2 unspecified atom stereocenters. The zero-order valence-corrected chi connectivity index (χ0v) is 20.9. The number of aromatic nitrogens is 2. The number of aliphatic hydroxyl groups is 2. The standard InChI is InChI=1S/C28H28F3N5O3/c29-16-2-1-3-17(30)23(16)25-18(31)7-8-20(34-25)28(39)35-21-10-33-24-14(6-9-22(24)37)26(21)36-11-15(13-4-5-13)27(38)19(32)12-36/h1-3,7-8,10,13,15,19,22,27,37-38H,4-6,9,11-12,32H2,(H,35,39)/t15?,19-,22?,27-/m1/s1. The molecule has 2 aliphatic carbocycles. The summed E-state index contributed by atoms with van der Waals surface area (Å²) >= 11 is 0. The lowest BCUT2D eigenvalue weighted by Crippen LogP contribution is -2.57. The van der Waals surface area contributed by atoms with Gasteiger partial charge in [-0.25, -0.2) is 18.2 Å².